The number of esters is 1. The van der Waals surface area contributed by atoms with E-state index in [4.69, 9.17) is 4.74 Å². The van der Waals surface area contributed by atoms with Crippen molar-refractivity contribution in [2.75, 3.05) is 33.3 Å². The van der Waals surface area contributed by atoms with Crippen LogP contribution in [-0.2, 0) is 9.53 Å². The number of hydrogen-bond acceptors (Lipinski definition) is 6. The van der Waals surface area contributed by atoms with Gasteiger partial charge in [0.05, 0.1) is 18.9 Å². The van der Waals surface area contributed by atoms with Gasteiger partial charge in [0.15, 0.2) is 5.75 Å². The molecule has 1 aliphatic heterocycles. The molecule has 0 N–H and O–H groups in total. The van der Waals surface area contributed by atoms with Crippen molar-refractivity contribution in [1.82, 2.24) is 14.8 Å². The van der Waals surface area contributed by atoms with Crippen molar-refractivity contribution in [1.29, 1.82) is 0 Å². The van der Waals surface area contributed by atoms with Crippen molar-refractivity contribution in [2.24, 2.45) is 0 Å². The molecule has 0 radical (unpaired) electrons. The lowest BCUT2D eigenvalue weighted by atomic mass is 10.2. The summed E-state index contributed by atoms with van der Waals surface area (Å²) < 4.78 is 9.91. The zero-order chi connectivity index (χ0) is 20.6. The highest BCUT2D eigenvalue weighted by Crippen LogP contribution is 2.14. The molecule has 8 heteroatoms. The van der Waals surface area contributed by atoms with E-state index < -0.39 is 12.1 Å². The Morgan fingerprint density at radius 1 is 1.00 bits per heavy atom. The van der Waals surface area contributed by atoms with Gasteiger partial charge in [-0.25, -0.2) is 9.59 Å². The smallest absolute Gasteiger partial charge is 0.415 e. The first-order valence-corrected chi connectivity index (χ1v) is 9.09. The molecule has 150 valence electrons. The summed E-state index contributed by atoms with van der Waals surface area (Å²) >= 11 is 0. The quantitative estimate of drug-likeness (QED) is 0.583. The lowest BCUT2D eigenvalue weighted by molar-refractivity contribution is -0.127. The molecule has 2 amide bonds. The normalized spacial score (nSPS) is 14.0. The van der Waals surface area contributed by atoms with Crippen LogP contribution in [-0.4, -0.2) is 66.0 Å². The lowest BCUT2D eigenvalue weighted by Gasteiger charge is -2.33. The number of aromatic nitrogens is 1. The Morgan fingerprint density at radius 3 is 2.38 bits per heavy atom. The molecule has 0 unspecified atom stereocenters. The monoisotopic (exact) mass is 395 g/mol. The molecule has 3 rings (SSSR count). The van der Waals surface area contributed by atoms with Crippen molar-refractivity contribution < 1.29 is 23.9 Å². The number of piperazine rings is 1. The third kappa shape index (κ3) is 5.41. The van der Waals surface area contributed by atoms with Gasteiger partial charge in [-0.3, -0.25) is 9.78 Å². The third-order valence-electron chi connectivity index (χ3n) is 4.41. The van der Waals surface area contributed by atoms with E-state index in [1.165, 1.54) is 36.5 Å². The van der Waals surface area contributed by atoms with Gasteiger partial charge in [-0.05, 0) is 17.7 Å². The van der Waals surface area contributed by atoms with Crippen molar-refractivity contribution in [3.63, 3.8) is 0 Å². The average Bonchev–Trinajstić information content (AvgIpc) is 2.78. The van der Waals surface area contributed by atoms with Gasteiger partial charge in [0.25, 0.3) is 0 Å². The van der Waals surface area contributed by atoms with Crippen LogP contribution in [0.1, 0.15) is 15.9 Å². The molecule has 0 aliphatic carbocycles. The van der Waals surface area contributed by atoms with Gasteiger partial charge < -0.3 is 19.3 Å². The van der Waals surface area contributed by atoms with Gasteiger partial charge in [0.2, 0.25) is 5.91 Å². The predicted molar refractivity (Wildman–Crippen MR) is 105 cm³/mol. The summed E-state index contributed by atoms with van der Waals surface area (Å²) in [5.41, 5.74) is 1.14. The van der Waals surface area contributed by atoms with Gasteiger partial charge in [-0.2, -0.15) is 0 Å². The lowest BCUT2D eigenvalue weighted by Crippen LogP contribution is -2.51. The second-order valence-electron chi connectivity index (χ2n) is 6.33. The standard InChI is InChI=1S/C21H21N3O5/c1-28-20(26)17-13-18(15-22-14-17)29-21(27)24-11-9-23(10-12-24)19(25)8-7-16-5-3-2-4-6-16/h2-8,13-15H,9-12H2,1H3/b8-7+. The fourth-order valence-corrected chi connectivity index (χ4v) is 2.82. The molecule has 2 heterocycles. The number of carbonyl (C=O) groups excluding carboxylic acids is 3. The third-order valence-corrected chi connectivity index (χ3v) is 4.41. The van der Waals surface area contributed by atoms with Crippen LogP contribution in [0.4, 0.5) is 4.79 Å². The SMILES string of the molecule is COC(=O)c1cncc(OC(=O)N2CCN(C(=O)/C=C/c3ccccc3)CC2)c1. The van der Waals surface area contributed by atoms with E-state index in [1.54, 1.807) is 11.0 Å². The largest absolute Gasteiger partial charge is 0.465 e. The molecule has 8 nitrogen and oxygen atoms in total. The summed E-state index contributed by atoms with van der Waals surface area (Å²) in [7, 11) is 1.26. The number of carbonyl (C=O) groups is 3. The van der Waals surface area contributed by atoms with Crippen molar-refractivity contribution in [3.05, 3.63) is 66.0 Å². The Labute approximate surface area is 168 Å². The zero-order valence-corrected chi connectivity index (χ0v) is 16.0. The number of hydrogen-bond donors (Lipinski definition) is 0. The molecular formula is C21H21N3O5. The van der Waals surface area contributed by atoms with Gasteiger partial charge in [0.1, 0.15) is 0 Å². The molecule has 29 heavy (non-hydrogen) atoms. The maximum absolute atomic E-state index is 12.3. The number of ether oxygens (including phenoxy) is 2. The highest BCUT2D eigenvalue weighted by Gasteiger charge is 2.24. The molecule has 0 bridgehead atoms. The van der Waals surface area contributed by atoms with E-state index in [-0.39, 0.29) is 17.2 Å². The van der Waals surface area contributed by atoms with E-state index in [2.05, 4.69) is 9.72 Å². The number of nitrogens with zero attached hydrogens (tertiary/aromatic N) is 3. The number of benzene rings is 1. The summed E-state index contributed by atoms with van der Waals surface area (Å²) in [6.07, 6.45) is 5.42. The highest BCUT2D eigenvalue weighted by atomic mass is 16.6. The van der Waals surface area contributed by atoms with Crippen molar-refractivity contribution in [3.8, 4) is 5.75 Å². The van der Waals surface area contributed by atoms with E-state index in [1.807, 2.05) is 30.3 Å². The Bertz CT molecular complexity index is 906. The summed E-state index contributed by atoms with van der Waals surface area (Å²) in [5, 5.41) is 0. The highest BCUT2D eigenvalue weighted by molar-refractivity contribution is 5.92. The van der Waals surface area contributed by atoms with Gasteiger partial charge in [-0.1, -0.05) is 30.3 Å². The van der Waals surface area contributed by atoms with Gasteiger partial charge >= 0.3 is 12.1 Å². The predicted octanol–water partition coefficient (Wildman–Crippen LogP) is 2.22. The first kappa shape index (κ1) is 20.1. The van der Waals surface area contributed by atoms with Gasteiger partial charge in [-0.15, -0.1) is 0 Å². The Kier molecular flexibility index (Phi) is 6.57. The molecule has 0 saturated carbocycles. The second kappa shape index (κ2) is 9.50. The minimum absolute atomic E-state index is 0.100. The van der Waals surface area contributed by atoms with Crippen LogP contribution < -0.4 is 4.74 Å². The number of amides is 2. The van der Waals surface area contributed by atoms with E-state index in [0.29, 0.717) is 26.2 Å². The van der Waals surface area contributed by atoms with Crippen LogP contribution in [0.15, 0.2) is 54.9 Å². The van der Waals surface area contributed by atoms with Crippen molar-refractivity contribution >= 4 is 24.0 Å². The Morgan fingerprint density at radius 2 is 1.69 bits per heavy atom. The molecule has 0 spiro atoms. The van der Waals surface area contributed by atoms with Crippen LogP contribution in [0, 0.1) is 0 Å². The van der Waals surface area contributed by atoms with Crippen LogP contribution in [0.3, 0.4) is 0 Å². The first-order valence-electron chi connectivity index (χ1n) is 9.09. The fraction of sp³-hybridized carbons (Fsp3) is 0.238. The molecule has 0 atom stereocenters. The minimum Gasteiger partial charge on any atom is -0.465 e. The summed E-state index contributed by atoms with van der Waals surface area (Å²) in [5.74, 6) is -0.509. The number of methoxy groups -OCH3 is 1. The topological polar surface area (TPSA) is 89.0 Å². The molecule has 1 fully saturated rings. The minimum atomic E-state index is -0.564. The first-order chi connectivity index (χ1) is 14.1. The summed E-state index contributed by atoms with van der Waals surface area (Å²) in [4.78, 5) is 43.3. The number of rotatable bonds is 4. The molecule has 1 aromatic heterocycles. The zero-order valence-electron chi connectivity index (χ0n) is 16.0. The molecule has 1 aromatic carbocycles. The molecule has 2 aromatic rings. The van der Waals surface area contributed by atoms with Crippen molar-refractivity contribution in [2.45, 2.75) is 0 Å². The summed E-state index contributed by atoms with van der Waals surface area (Å²) in [6.45, 7) is 1.53. The molecule has 1 saturated heterocycles. The van der Waals surface area contributed by atoms with E-state index in [0.717, 1.165) is 5.56 Å². The van der Waals surface area contributed by atoms with E-state index in [9.17, 15) is 14.4 Å². The Balaban J connectivity index is 1.51. The molecule has 1 aliphatic rings. The van der Waals surface area contributed by atoms with Crippen LogP contribution >= 0.6 is 0 Å². The second-order valence-corrected chi connectivity index (χ2v) is 6.33. The van der Waals surface area contributed by atoms with Gasteiger partial charge in [0, 0.05) is 38.5 Å². The number of pyridine rings is 1. The maximum Gasteiger partial charge on any atom is 0.415 e. The Hall–Kier alpha value is -3.68. The van der Waals surface area contributed by atoms with E-state index >= 15 is 0 Å². The maximum atomic E-state index is 12.3. The van der Waals surface area contributed by atoms with Crippen LogP contribution in [0.25, 0.3) is 6.08 Å². The molecular weight excluding hydrogens is 374 g/mol. The average molecular weight is 395 g/mol. The fourth-order valence-electron chi connectivity index (χ4n) is 2.82. The summed E-state index contributed by atoms with van der Waals surface area (Å²) in [6, 6.07) is 11.0. The van der Waals surface area contributed by atoms with Crippen LogP contribution in [0.5, 0.6) is 5.75 Å². The van der Waals surface area contributed by atoms with Crippen LogP contribution in [0.2, 0.25) is 0 Å².